The Labute approximate surface area is 81.7 Å². The Bertz CT molecular complexity index is 159. The van der Waals surface area contributed by atoms with Crippen molar-refractivity contribution < 1.29 is 9.53 Å². The third-order valence-corrected chi connectivity index (χ3v) is 1.87. The van der Waals surface area contributed by atoms with Gasteiger partial charge in [-0.2, -0.15) is 0 Å². The van der Waals surface area contributed by atoms with Crippen molar-refractivity contribution in [2.75, 3.05) is 0 Å². The van der Waals surface area contributed by atoms with E-state index in [1.807, 2.05) is 41.5 Å². The van der Waals surface area contributed by atoms with E-state index in [1.165, 1.54) is 0 Å². The van der Waals surface area contributed by atoms with Crippen molar-refractivity contribution in [2.24, 2.45) is 11.8 Å². The molecule has 0 saturated heterocycles. The molecule has 0 heterocycles. The lowest BCUT2D eigenvalue weighted by atomic mass is 9.95. The smallest absolute Gasteiger partial charge is 0.164 e. The standard InChI is InChI=1S/C11H22O2/c1-7(2)10(12)11(8(3)4)13-9(5)6/h7-9,11H,1-6H3. The zero-order valence-electron chi connectivity index (χ0n) is 9.63. The first-order valence-electron chi connectivity index (χ1n) is 5.05. The van der Waals surface area contributed by atoms with Crippen LogP contribution in [0.25, 0.3) is 0 Å². The largest absolute Gasteiger partial charge is 0.368 e. The van der Waals surface area contributed by atoms with E-state index in [0.717, 1.165) is 0 Å². The van der Waals surface area contributed by atoms with Crippen molar-refractivity contribution in [3.8, 4) is 0 Å². The highest BCUT2D eigenvalue weighted by Crippen LogP contribution is 2.14. The summed E-state index contributed by atoms with van der Waals surface area (Å²) in [5.41, 5.74) is 0. The molecule has 0 rings (SSSR count). The van der Waals surface area contributed by atoms with Crippen LogP contribution in [-0.2, 0) is 9.53 Å². The van der Waals surface area contributed by atoms with Gasteiger partial charge in [-0.15, -0.1) is 0 Å². The van der Waals surface area contributed by atoms with Crippen molar-refractivity contribution >= 4 is 5.78 Å². The van der Waals surface area contributed by atoms with Crippen molar-refractivity contribution in [3.63, 3.8) is 0 Å². The van der Waals surface area contributed by atoms with Crippen molar-refractivity contribution in [3.05, 3.63) is 0 Å². The highest BCUT2D eigenvalue weighted by molar-refractivity contribution is 5.85. The van der Waals surface area contributed by atoms with Gasteiger partial charge in [0.2, 0.25) is 0 Å². The molecule has 2 heteroatoms. The van der Waals surface area contributed by atoms with Crippen LogP contribution in [0.1, 0.15) is 41.5 Å². The number of carbonyl (C=O) groups excluding carboxylic acids is 1. The van der Waals surface area contributed by atoms with Gasteiger partial charge in [-0.05, 0) is 19.8 Å². The molecule has 0 aromatic carbocycles. The summed E-state index contributed by atoms with van der Waals surface area (Å²) >= 11 is 0. The third-order valence-electron chi connectivity index (χ3n) is 1.87. The lowest BCUT2D eigenvalue weighted by Gasteiger charge is -2.24. The fraction of sp³-hybridized carbons (Fsp3) is 0.909. The normalized spacial score (nSPS) is 14.2. The number of ether oxygens (including phenoxy) is 1. The molecule has 0 amide bonds. The van der Waals surface area contributed by atoms with Gasteiger partial charge in [-0.25, -0.2) is 0 Å². The van der Waals surface area contributed by atoms with Crippen LogP contribution in [0, 0.1) is 11.8 Å². The van der Waals surface area contributed by atoms with Gasteiger partial charge >= 0.3 is 0 Å². The third kappa shape index (κ3) is 4.41. The average Bonchev–Trinajstić information content (AvgIpc) is 1.97. The Morgan fingerprint density at radius 1 is 1.00 bits per heavy atom. The molecular weight excluding hydrogens is 164 g/mol. The first-order chi connectivity index (χ1) is 5.86. The van der Waals surface area contributed by atoms with Crippen LogP contribution in [-0.4, -0.2) is 18.0 Å². The highest BCUT2D eigenvalue weighted by atomic mass is 16.5. The molecule has 0 aliphatic carbocycles. The lowest BCUT2D eigenvalue weighted by molar-refractivity contribution is -0.139. The maximum absolute atomic E-state index is 11.7. The van der Waals surface area contributed by atoms with E-state index < -0.39 is 0 Å². The van der Waals surface area contributed by atoms with E-state index in [1.54, 1.807) is 0 Å². The van der Waals surface area contributed by atoms with E-state index in [2.05, 4.69) is 0 Å². The van der Waals surface area contributed by atoms with Gasteiger partial charge < -0.3 is 4.74 Å². The van der Waals surface area contributed by atoms with Crippen LogP contribution in [0.2, 0.25) is 0 Å². The van der Waals surface area contributed by atoms with E-state index in [0.29, 0.717) is 0 Å². The van der Waals surface area contributed by atoms with Gasteiger partial charge in [0.05, 0.1) is 6.10 Å². The van der Waals surface area contributed by atoms with Crippen molar-refractivity contribution in [1.82, 2.24) is 0 Å². The first kappa shape index (κ1) is 12.6. The molecule has 0 N–H and O–H groups in total. The van der Waals surface area contributed by atoms with Gasteiger partial charge in [0.25, 0.3) is 0 Å². The SMILES string of the molecule is CC(C)OC(C(=O)C(C)C)C(C)C. The molecule has 0 fully saturated rings. The van der Waals surface area contributed by atoms with Gasteiger partial charge in [0, 0.05) is 5.92 Å². The van der Waals surface area contributed by atoms with E-state index in [4.69, 9.17) is 4.74 Å². The van der Waals surface area contributed by atoms with Crippen LogP contribution in [0.5, 0.6) is 0 Å². The number of rotatable bonds is 5. The molecule has 1 atom stereocenters. The molecule has 1 unspecified atom stereocenters. The van der Waals surface area contributed by atoms with Crippen LogP contribution < -0.4 is 0 Å². The van der Waals surface area contributed by atoms with Gasteiger partial charge in [-0.1, -0.05) is 27.7 Å². The highest BCUT2D eigenvalue weighted by Gasteiger charge is 2.25. The Balaban J connectivity index is 4.33. The zero-order chi connectivity index (χ0) is 10.6. The number of Topliss-reactive ketones (excluding diaryl/α,β-unsaturated/α-hetero) is 1. The molecule has 0 aromatic rings. The van der Waals surface area contributed by atoms with E-state index >= 15 is 0 Å². The topological polar surface area (TPSA) is 26.3 Å². The molecule has 0 radical (unpaired) electrons. The van der Waals surface area contributed by atoms with Crippen molar-refractivity contribution in [2.45, 2.75) is 53.8 Å². The maximum Gasteiger partial charge on any atom is 0.164 e. The number of ketones is 1. The summed E-state index contributed by atoms with van der Waals surface area (Å²) in [5, 5.41) is 0. The second-order valence-corrected chi connectivity index (χ2v) is 4.41. The Kier molecular flexibility index (Phi) is 5.23. The minimum atomic E-state index is -0.236. The maximum atomic E-state index is 11.7. The number of hydrogen-bond acceptors (Lipinski definition) is 2. The summed E-state index contributed by atoms with van der Waals surface area (Å²) in [6.07, 6.45) is -0.116. The molecule has 0 saturated carbocycles. The summed E-state index contributed by atoms with van der Waals surface area (Å²) < 4.78 is 5.59. The molecule has 0 aromatic heterocycles. The molecule has 0 aliphatic rings. The van der Waals surface area contributed by atoms with Crippen LogP contribution >= 0.6 is 0 Å². The molecule has 78 valence electrons. The second kappa shape index (κ2) is 5.38. The van der Waals surface area contributed by atoms with Gasteiger partial charge in [0.15, 0.2) is 5.78 Å². The Hall–Kier alpha value is -0.370. The van der Waals surface area contributed by atoms with Crippen molar-refractivity contribution in [1.29, 1.82) is 0 Å². The predicted octanol–water partition coefficient (Wildman–Crippen LogP) is 2.66. The molecular formula is C11H22O2. The summed E-state index contributed by atoms with van der Waals surface area (Å²) in [7, 11) is 0. The summed E-state index contributed by atoms with van der Waals surface area (Å²) in [6.45, 7) is 11.8. The second-order valence-electron chi connectivity index (χ2n) is 4.41. The lowest BCUT2D eigenvalue weighted by Crippen LogP contribution is -2.34. The summed E-state index contributed by atoms with van der Waals surface area (Å²) in [4.78, 5) is 11.7. The first-order valence-corrected chi connectivity index (χ1v) is 5.05. The number of hydrogen-bond donors (Lipinski definition) is 0. The quantitative estimate of drug-likeness (QED) is 0.660. The zero-order valence-corrected chi connectivity index (χ0v) is 9.63. The minimum Gasteiger partial charge on any atom is -0.368 e. The molecule has 0 spiro atoms. The summed E-state index contributed by atoms with van der Waals surface area (Å²) in [5.74, 6) is 0.534. The number of carbonyl (C=O) groups is 1. The summed E-state index contributed by atoms with van der Waals surface area (Å²) in [6, 6.07) is 0. The van der Waals surface area contributed by atoms with Gasteiger partial charge in [-0.3, -0.25) is 4.79 Å². The fourth-order valence-corrected chi connectivity index (χ4v) is 1.17. The monoisotopic (exact) mass is 186 g/mol. The molecule has 0 bridgehead atoms. The molecule has 2 nitrogen and oxygen atoms in total. The van der Waals surface area contributed by atoms with Crippen LogP contribution in [0.15, 0.2) is 0 Å². The Morgan fingerprint density at radius 3 is 1.69 bits per heavy atom. The van der Waals surface area contributed by atoms with E-state index in [-0.39, 0.29) is 29.8 Å². The van der Waals surface area contributed by atoms with Gasteiger partial charge in [0.1, 0.15) is 6.10 Å². The Morgan fingerprint density at radius 2 is 1.46 bits per heavy atom. The fourth-order valence-electron chi connectivity index (χ4n) is 1.17. The minimum absolute atomic E-state index is 0.0612. The molecule has 0 aliphatic heterocycles. The van der Waals surface area contributed by atoms with Crippen LogP contribution in [0.4, 0.5) is 0 Å². The molecule has 13 heavy (non-hydrogen) atoms. The van der Waals surface area contributed by atoms with E-state index in [9.17, 15) is 4.79 Å². The predicted molar refractivity (Wildman–Crippen MR) is 54.7 cm³/mol. The average molecular weight is 186 g/mol. The van der Waals surface area contributed by atoms with Crippen LogP contribution in [0.3, 0.4) is 0 Å².